The summed E-state index contributed by atoms with van der Waals surface area (Å²) in [5.41, 5.74) is -5.93. The lowest BCUT2D eigenvalue weighted by Crippen LogP contribution is -2.28. The quantitative estimate of drug-likeness (QED) is 0.432. The van der Waals surface area contributed by atoms with Gasteiger partial charge in [-0.15, -0.1) is 0 Å². The molecule has 0 N–H and O–H groups in total. The lowest BCUT2D eigenvalue weighted by Gasteiger charge is -2.19. The van der Waals surface area contributed by atoms with E-state index in [1.807, 2.05) is 0 Å². The molecule has 104 valence electrons. The average molecular weight is 290 g/mol. The number of carbonyl (C=O) groups excluding carboxylic acids is 1. The smallest absolute Gasteiger partial charge is 0.465 e. The highest BCUT2D eigenvalue weighted by molar-refractivity contribution is 7.87. The van der Waals surface area contributed by atoms with Crippen molar-refractivity contribution in [3.63, 3.8) is 0 Å². The molecule has 1 rings (SSSR count). The molecular weight excluding hydrogens is 281 g/mol. The normalized spacial score (nSPS) is 17.6. The number of methoxy groups -OCH3 is 1. The molecule has 1 aliphatic rings. The number of rotatable bonds is 3. The summed E-state index contributed by atoms with van der Waals surface area (Å²) in [6.07, 6.45) is -0.264. The van der Waals surface area contributed by atoms with Crippen LogP contribution in [0.4, 0.5) is 13.2 Å². The minimum absolute atomic E-state index is 0.0524. The van der Waals surface area contributed by atoms with E-state index >= 15 is 0 Å². The molecule has 18 heavy (non-hydrogen) atoms. The number of hydrogen-bond donors (Lipinski definition) is 0. The minimum Gasteiger partial charge on any atom is -0.465 e. The zero-order valence-electron chi connectivity index (χ0n) is 9.11. The van der Waals surface area contributed by atoms with Crippen molar-refractivity contribution in [2.45, 2.75) is 11.9 Å². The molecule has 0 amide bonds. The summed E-state index contributed by atoms with van der Waals surface area (Å²) in [6.45, 7) is -0.418. The highest BCUT2D eigenvalue weighted by atomic mass is 32.2. The van der Waals surface area contributed by atoms with Gasteiger partial charge in [0.05, 0.1) is 20.3 Å². The van der Waals surface area contributed by atoms with Crippen molar-refractivity contribution in [1.82, 2.24) is 0 Å². The van der Waals surface area contributed by atoms with Gasteiger partial charge in [0.2, 0.25) is 0 Å². The van der Waals surface area contributed by atoms with Gasteiger partial charge in [0, 0.05) is 6.42 Å². The Bertz CT molecular complexity index is 464. The Labute approximate surface area is 100 Å². The van der Waals surface area contributed by atoms with Crippen LogP contribution in [-0.2, 0) is 28.6 Å². The standard InChI is InChI=1S/C8H9F3O6S/c1-15-7(12)5-4-16-3-2-6(5)17-18(13,14)8(9,10)11/h2-4H2,1H3. The molecule has 6 nitrogen and oxygen atoms in total. The lowest BCUT2D eigenvalue weighted by molar-refractivity contribution is -0.137. The fourth-order valence-corrected chi connectivity index (χ4v) is 1.68. The molecular formula is C8H9F3O6S. The van der Waals surface area contributed by atoms with Gasteiger partial charge < -0.3 is 13.7 Å². The third-order valence-electron chi connectivity index (χ3n) is 1.98. The maximum Gasteiger partial charge on any atom is 0.534 e. The molecule has 0 saturated carbocycles. The first-order valence-corrected chi connectivity index (χ1v) is 5.98. The van der Waals surface area contributed by atoms with Crippen LogP contribution in [0.1, 0.15) is 6.42 Å². The number of hydrogen-bond acceptors (Lipinski definition) is 6. The summed E-state index contributed by atoms with van der Waals surface area (Å²) in [5.74, 6) is -1.60. The van der Waals surface area contributed by atoms with E-state index in [2.05, 4.69) is 8.92 Å². The SMILES string of the molecule is COC(=O)C1=C(OS(=O)(=O)C(F)(F)F)CCOC1. The predicted octanol–water partition coefficient (Wildman–Crippen LogP) is 0.700. The van der Waals surface area contributed by atoms with E-state index in [1.165, 1.54) is 0 Å². The molecule has 10 heteroatoms. The van der Waals surface area contributed by atoms with Crippen LogP contribution in [0.5, 0.6) is 0 Å². The molecule has 0 aromatic heterocycles. The van der Waals surface area contributed by atoms with Gasteiger partial charge in [-0.25, -0.2) is 4.79 Å². The molecule has 0 saturated heterocycles. The first-order valence-electron chi connectivity index (χ1n) is 4.58. The Morgan fingerprint density at radius 1 is 1.39 bits per heavy atom. The summed E-state index contributed by atoms with van der Waals surface area (Å²) in [5, 5.41) is 0. The number of alkyl halides is 3. The van der Waals surface area contributed by atoms with Crippen molar-refractivity contribution >= 4 is 16.1 Å². The molecule has 0 aromatic carbocycles. The van der Waals surface area contributed by atoms with Gasteiger partial charge in [-0.2, -0.15) is 21.6 Å². The van der Waals surface area contributed by atoms with Crippen LogP contribution in [-0.4, -0.2) is 40.2 Å². The van der Waals surface area contributed by atoms with E-state index in [0.717, 1.165) is 7.11 Å². The molecule has 0 radical (unpaired) electrons. The van der Waals surface area contributed by atoms with Crippen LogP contribution in [0, 0.1) is 0 Å². The molecule has 0 bridgehead atoms. The van der Waals surface area contributed by atoms with Crippen molar-refractivity contribution in [3.8, 4) is 0 Å². The Morgan fingerprint density at radius 2 is 2.00 bits per heavy atom. The number of ether oxygens (including phenoxy) is 2. The van der Waals surface area contributed by atoms with Crippen molar-refractivity contribution < 1.29 is 40.0 Å². The van der Waals surface area contributed by atoms with Crippen LogP contribution in [0.25, 0.3) is 0 Å². The third kappa shape index (κ3) is 3.13. The van der Waals surface area contributed by atoms with Crippen LogP contribution >= 0.6 is 0 Å². The van der Waals surface area contributed by atoms with E-state index in [9.17, 15) is 26.4 Å². The Hall–Kier alpha value is -1.29. The molecule has 0 fully saturated rings. The van der Waals surface area contributed by atoms with Crippen molar-refractivity contribution in [3.05, 3.63) is 11.3 Å². The number of esters is 1. The zero-order valence-corrected chi connectivity index (χ0v) is 9.93. The number of halogens is 3. The van der Waals surface area contributed by atoms with Gasteiger partial charge in [0.25, 0.3) is 0 Å². The zero-order chi connectivity index (χ0) is 14.0. The summed E-state index contributed by atoms with van der Waals surface area (Å²) < 4.78 is 71.0. The maximum atomic E-state index is 12.1. The van der Waals surface area contributed by atoms with Gasteiger partial charge in [0.15, 0.2) is 0 Å². The monoisotopic (exact) mass is 290 g/mol. The third-order valence-corrected chi connectivity index (χ3v) is 2.97. The average Bonchev–Trinajstić information content (AvgIpc) is 2.26. The predicted molar refractivity (Wildman–Crippen MR) is 50.5 cm³/mol. The van der Waals surface area contributed by atoms with Crippen LogP contribution in [0.2, 0.25) is 0 Å². The highest BCUT2D eigenvalue weighted by Crippen LogP contribution is 2.29. The van der Waals surface area contributed by atoms with E-state index in [4.69, 9.17) is 4.74 Å². The molecule has 0 atom stereocenters. The highest BCUT2D eigenvalue weighted by Gasteiger charge is 2.49. The molecule has 1 aliphatic heterocycles. The van der Waals surface area contributed by atoms with Gasteiger partial charge >= 0.3 is 21.6 Å². The van der Waals surface area contributed by atoms with Gasteiger partial charge in [0.1, 0.15) is 11.3 Å². The van der Waals surface area contributed by atoms with E-state index in [0.29, 0.717) is 0 Å². The summed E-state index contributed by atoms with van der Waals surface area (Å²) >= 11 is 0. The van der Waals surface area contributed by atoms with E-state index in [-0.39, 0.29) is 25.2 Å². The second kappa shape index (κ2) is 5.14. The van der Waals surface area contributed by atoms with E-state index in [1.54, 1.807) is 0 Å². The Balaban J connectivity index is 3.06. The topological polar surface area (TPSA) is 78.9 Å². The fourth-order valence-electron chi connectivity index (χ4n) is 1.14. The maximum absolute atomic E-state index is 12.1. The second-order valence-electron chi connectivity index (χ2n) is 3.18. The molecule has 1 heterocycles. The fraction of sp³-hybridized carbons (Fsp3) is 0.625. The van der Waals surface area contributed by atoms with Gasteiger partial charge in [-0.05, 0) is 0 Å². The summed E-state index contributed by atoms with van der Waals surface area (Å²) in [6, 6.07) is 0. The molecule has 0 aromatic rings. The van der Waals surface area contributed by atoms with Gasteiger partial charge in [-0.1, -0.05) is 0 Å². The van der Waals surface area contributed by atoms with Crippen LogP contribution in [0.15, 0.2) is 11.3 Å². The molecule has 0 unspecified atom stereocenters. The molecule has 0 aliphatic carbocycles. The lowest BCUT2D eigenvalue weighted by atomic mass is 10.1. The first-order chi connectivity index (χ1) is 8.19. The van der Waals surface area contributed by atoms with Crippen molar-refractivity contribution in [2.24, 2.45) is 0 Å². The van der Waals surface area contributed by atoms with Gasteiger partial charge in [-0.3, -0.25) is 0 Å². The van der Waals surface area contributed by atoms with Crippen molar-refractivity contribution in [2.75, 3.05) is 20.3 Å². The first kappa shape index (κ1) is 14.8. The summed E-state index contributed by atoms with van der Waals surface area (Å²) in [7, 11) is -4.79. The summed E-state index contributed by atoms with van der Waals surface area (Å²) in [4.78, 5) is 11.2. The second-order valence-corrected chi connectivity index (χ2v) is 4.72. The Kier molecular flexibility index (Phi) is 4.22. The largest absolute Gasteiger partial charge is 0.534 e. The number of carbonyl (C=O) groups is 1. The van der Waals surface area contributed by atoms with Crippen molar-refractivity contribution in [1.29, 1.82) is 0 Å². The van der Waals surface area contributed by atoms with Crippen LogP contribution < -0.4 is 0 Å². The van der Waals surface area contributed by atoms with Crippen LogP contribution in [0.3, 0.4) is 0 Å². The molecule has 0 spiro atoms. The Morgan fingerprint density at radius 3 is 2.50 bits per heavy atom. The minimum atomic E-state index is -5.79. The van der Waals surface area contributed by atoms with E-state index < -0.39 is 27.4 Å².